The van der Waals surface area contributed by atoms with E-state index in [1.165, 1.54) is 13.0 Å². The third-order valence-electron chi connectivity index (χ3n) is 1.46. The zero-order valence-corrected chi connectivity index (χ0v) is 8.27. The Balaban J connectivity index is 3.28. The third kappa shape index (κ3) is 1.88. The zero-order valence-electron chi connectivity index (χ0n) is 6.11. The number of aromatic nitrogens is 1. The van der Waals surface area contributed by atoms with Crippen molar-refractivity contribution in [3.05, 3.63) is 26.8 Å². The number of nitrogens with zero attached hydrogens (tertiary/aromatic N) is 1. The second-order valence-corrected chi connectivity index (χ2v) is 3.36. The lowest BCUT2D eigenvalue weighted by atomic mass is 10.2. The van der Waals surface area contributed by atoms with Crippen molar-refractivity contribution < 1.29 is 13.2 Å². The van der Waals surface area contributed by atoms with Crippen LogP contribution < -0.4 is 0 Å². The highest BCUT2D eigenvalue weighted by molar-refractivity contribution is 14.1. The van der Waals surface area contributed by atoms with Gasteiger partial charge in [-0.3, -0.25) is 0 Å². The lowest BCUT2D eigenvalue weighted by Gasteiger charge is -2.04. The van der Waals surface area contributed by atoms with Crippen LogP contribution in [-0.4, -0.2) is 4.98 Å². The van der Waals surface area contributed by atoms with E-state index in [1.54, 1.807) is 22.6 Å². The van der Waals surface area contributed by atoms with Crippen LogP contribution in [0, 0.1) is 16.6 Å². The Morgan fingerprint density at radius 2 is 2.08 bits per heavy atom. The molecule has 1 heterocycles. The predicted octanol–water partition coefficient (Wildman–Crippen LogP) is 3.07. The molecule has 0 aliphatic rings. The Labute approximate surface area is 81.1 Å². The molecule has 0 atom stereocenters. The Morgan fingerprint density at radius 1 is 1.50 bits per heavy atom. The molecule has 0 aliphatic carbocycles. The molecule has 0 bridgehead atoms. The summed E-state index contributed by atoms with van der Waals surface area (Å²) in [6, 6.07) is 1.18. The minimum absolute atomic E-state index is 0.0783. The molecule has 0 amide bonds. The molecule has 1 aromatic heterocycles. The van der Waals surface area contributed by atoms with Crippen molar-refractivity contribution in [2.75, 3.05) is 0 Å². The third-order valence-corrected chi connectivity index (χ3v) is 2.01. The lowest BCUT2D eigenvalue weighted by molar-refractivity contribution is 0.149. The maximum atomic E-state index is 12.8. The molecule has 1 rings (SSSR count). The Morgan fingerprint density at radius 3 is 2.58 bits per heavy atom. The summed E-state index contributed by atoms with van der Waals surface area (Å²) in [5, 5.41) is 0. The number of alkyl halides is 2. The Kier molecular flexibility index (Phi) is 2.92. The van der Waals surface area contributed by atoms with Crippen molar-refractivity contribution in [2.24, 2.45) is 0 Å². The van der Waals surface area contributed by atoms with Crippen LogP contribution in [0.1, 0.15) is 17.6 Å². The average Bonchev–Trinajstić information content (AvgIpc) is 1.96. The van der Waals surface area contributed by atoms with Crippen LogP contribution in [0.4, 0.5) is 13.2 Å². The molecule has 5 heteroatoms. The van der Waals surface area contributed by atoms with Crippen LogP contribution in [0.3, 0.4) is 0 Å². The molecule has 0 spiro atoms. The molecule has 0 radical (unpaired) electrons. The SMILES string of the molecule is Cc1c(C(F)F)cc(I)nc1F. The molecule has 0 aliphatic heterocycles. The summed E-state index contributed by atoms with van der Waals surface area (Å²) in [4.78, 5) is 3.40. The maximum absolute atomic E-state index is 12.8. The second kappa shape index (κ2) is 3.59. The van der Waals surface area contributed by atoms with Gasteiger partial charge >= 0.3 is 0 Å². The Bertz CT molecular complexity index is 301. The fraction of sp³-hybridized carbons (Fsp3) is 0.286. The summed E-state index contributed by atoms with van der Waals surface area (Å²) in [6.45, 7) is 1.29. The van der Waals surface area contributed by atoms with E-state index in [0.717, 1.165) is 0 Å². The minimum Gasteiger partial charge on any atom is -0.213 e. The standard InChI is InChI=1S/C7H5F3IN/c1-3-4(6(8)9)2-5(11)12-7(3)10/h2,6H,1H3. The first-order valence-corrected chi connectivity index (χ1v) is 4.21. The van der Waals surface area contributed by atoms with Crippen LogP contribution in [0.2, 0.25) is 0 Å². The highest BCUT2D eigenvalue weighted by atomic mass is 127. The van der Waals surface area contributed by atoms with Gasteiger partial charge in [-0.25, -0.2) is 13.8 Å². The zero-order chi connectivity index (χ0) is 9.30. The van der Waals surface area contributed by atoms with Crippen LogP contribution in [0.5, 0.6) is 0 Å². The van der Waals surface area contributed by atoms with Gasteiger partial charge in [-0.2, -0.15) is 4.39 Å². The molecule has 0 saturated carbocycles. The monoisotopic (exact) mass is 287 g/mol. The highest BCUT2D eigenvalue weighted by Crippen LogP contribution is 2.24. The highest BCUT2D eigenvalue weighted by Gasteiger charge is 2.15. The molecule has 1 aromatic rings. The normalized spacial score (nSPS) is 10.8. The first kappa shape index (κ1) is 9.76. The van der Waals surface area contributed by atoms with Crippen molar-refractivity contribution in [3.8, 4) is 0 Å². The summed E-state index contributed by atoms with van der Waals surface area (Å²) in [7, 11) is 0. The first-order valence-electron chi connectivity index (χ1n) is 3.13. The smallest absolute Gasteiger partial charge is 0.213 e. The van der Waals surface area contributed by atoms with Gasteiger partial charge in [0.1, 0.15) is 3.70 Å². The quantitative estimate of drug-likeness (QED) is 0.571. The number of pyridine rings is 1. The van der Waals surface area contributed by atoms with Gasteiger partial charge in [0, 0.05) is 11.1 Å². The number of hydrogen-bond acceptors (Lipinski definition) is 1. The van der Waals surface area contributed by atoms with Gasteiger partial charge in [0.05, 0.1) is 0 Å². The average molecular weight is 287 g/mol. The van der Waals surface area contributed by atoms with E-state index in [4.69, 9.17) is 0 Å². The topological polar surface area (TPSA) is 12.9 Å². The van der Waals surface area contributed by atoms with Gasteiger partial charge in [-0.15, -0.1) is 0 Å². The largest absolute Gasteiger partial charge is 0.264 e. The molecule has 0 fully saturated rings. The van der Waals surface area contributed by atoms with Crippen LogP contribution in [0.25, 0.3) is 0 Å². The lowest BCUT2D eigenvalue weighted by Crippen LogP contribution is -1.98. The van der Waals surface area contributed by atoms with Crippen LogP contribution >= 0.6 is 22.6 Å². The van der Waals surface area contributed by atoms with E-state index in [-0.39, 0.29) is 14.8 Å². The van der Waals surface area contributed by atoms with E-state index in [2.05, 4.69) is 4.98 Å². The van der Waals surface area contributed by atoms with Gasteiger partial charge in [0.25, 0.3) is 6.43 Å². The van der Waals surface area contributed by atoms with Crippen molar-refractivity contribution >= 4 is 22.6 Å². The number of rotatable bonds is 1. The predicted molar refractivity (Wildman–Crippen MR) is 46.6 cm³/mol. The van der Waals surface area contributed by atoms with Gasteiger partial charge < -0.3 is 0 Å². The molecule has 12 heavy (non-hydrogen) atoms. The number of halogens is 4. The maximum Gasteiger partial charge on any atom is 0.264 e. The van der Waals surface area contributed by atoms with Gasteiger partial charge in [-0.1, -0.05) is 0 Å². The van der Waals surface area contributed by atoms with E-state index in [1.807, 2.05) is 0 Å². The van der Waals surface area contributed by atoms with E-state index < -0.39 is 12.4 Å². The molecule has 66 valence electrons. The summed E-state index contributed by atoms with van der Waals surface area (Å²) in [5.41, 5.74) is -0.364. The molecular weight excluding hydrogens is 282 g/mol. The fourth-order valence-electron chi connectivity index (χ4n) is 0.792. The van der Waals surface area contributed by atoms with Crippen molar-refractivity contribution in [2.45, 2.75) is 13.3 Å². The van der Waals surface area contributed by atoms with Crippen LogP contribution in [-0.2, 0) is 0 Å². The Hall–Kier alpha value is -0.330. The van der Waals surface area contributed by atoms with E-state index in [9.17, 15) is 13.2 Å². The van der Waals surface area contributed by atoms with Crippen molar-refractivity contribution in [1.29, 1.82) is 0 Å². The molecule has 0 N–H and O–H groups in total. The van der Waals surface area contributed by atoms with Gasteiger partial charge in [0.15, 0.2) is 0 Å². The summed E-state index contributed by atoms with van der Waals surface area (Å²) in [5.74, 6) is -0.822. The van der Waals surface area contributed by atoms with Gasteiger partial charge in [-0.05, 0) is 35.6 Å². The molecule has 0 unspecified atom stereocenters. The van der Waals surface area contributed by atoms with E-state index >= 15 is 0 Å². The van der Waals surface area contributed by atoms with Crippen LogP contribution in [0.15, 0.2) is 6.07 Å². The fourth-order valence-corrected chi connectivity index (χ4v) is 1.34. The van der Waals surface area contributed by atoms with Gasteiger partial charge in [0.2, 0.25) is 5.95 Å². The second-order valence-electron chi connectivity index (χ2n) is 2.25. The molecule has 1 nitrogen and oxygen atoms in total. The molecular formula is C7H5F3IN. The minimum atomic E-state index is -2.64. The number of hydrogen-bond donors (Lipinski definition) is 0. The van der Waals surface area contributed by atoms with Crippen molar-refractivity contribution in [1.82, 2.24) is 4.98 Å². The summed E-state index contributed by atoms with van der Waals surface area (Å²) < 4.78 is 37.4. The van der Waals surface area contributed by atoms with E-state index in [0.29, 0.717) is 0 Å². The first-order chi connectivity index (χ1) is 5.52. The molecule has 0 saturated heterocycles. The molecule has 0 aromatic carbocycles. The van der Waals surface area contributed by atoms with Crippen molar-refractivity contribution in [3.63, 3.8) is 0 Å². The summed E-state index contributed by atoms with van der Waals surface area (Å²) in [6.07, 6.45) is -2.64. The summed E-state index contributed by atoms with van der Waals surface area (Å²) >= 11 is 1.70.